The maximum absolute atomic E-state index is 10.0. The van der Waals surface area contributed by atoms with E-state index >= 15 is 0 Å². The van der Waals surface area contributed by atoms with E-state index in [1.165, 1.54) is 0 Å². The van der Waals surface area contributed by atoms with Crippen molar-refractivity contribution in [2.24, 2.45) is 0 Å². The molecule has 4 heteroatoms. The lowest BCUT2D eigenvalue weighted by molar-refractivity contribution is 0.388. The fourth-order valence-electron chi connectivity index (χ4n) is 0.306. The number of H-pyrrole nitrogens is 1. The van der Waals surface area contributed by atoms with Gasteiger partial charge in [0.25, 0.3) is 0 Å². The highest BCUT2D eigenvalue weighted by atomic mass is 16.5. The predicted molar refractivity (Wildman–Crippen MR) is 33.2 cm³/mol. The van der Waals surface area contributed by atoms with Crippen molar-refractivity contribution in [2.75, 3.05) is 0 Å². The van der Waals surface area contributed by atoms with Crippen LogP contribution in [0.3, 0.4) is 0 Å². The first-order chi connectivity index (χ1) is 4.29. The Hall–Kier alpha value is -1.06. The Morgan fingerprint density at radius 3 is 2.22 bits per heavy atom. The van der Waals surface area contributed by atoms with E-state index in [-0.39, 0.29) is 0 Å². The van der Waals surface area contributed by atoms with Gasteiger partial charge in [0, 0.05) is 6.92 Å². The van der Waals surface area contributed by atoms with E-state index in [0.717, 1.165) is 0 Å². The van der Waals surface area contributed by atoms with Gasteiger partial charge in [-0.2, -0.15) is 10.1 Å². The molecular formula is C5H10N2O2. The minimum atomic E-state index is -0.433. The number of hydrogen-bond acceptors (Lipinski definition) is 3. The normalized spacial score (nSPS) is 7.89. The monoisotopic (exact) mass is 130 g/mol. The van der Waals surface area contributed by atoms with Gasteiger partial charge >= 0.3 is 5.69 Å². The summed E-state index contributed by atoms with van der Waals surface area (Å²) < 4.78 is 4.42. The molecule has 1 N–H and O–H groups in total. The molecule has 0 aromatic carbocycles. The first-order valence-corrected chi connectivity index (χ1v) is 2.81. The van der Waals surface area contributed by atoms with Gasteiger partial charge in [-0.05, 0) is 0 Å². The molecule has 0 aliphatic carbocycles. The smallest absolute Gasteiger partial charge is 0.362 e. The Bertz CT molecular complexity index is 201. The highest BCUT2D eigenvalue weighted by molar-refractivity contribution is 4.64. The molecule has 1 rings (SSSR count). The lowest BCUT2D eigenvalue weighted by Crippen LogP contribution is -1.99. The standard InChI is InChI=1S/C3H4N2O2.C2H6/c1-2-4-3(6)5-7-2;1-2/h1H3,(H,5,6);1-2H3. The van der Waals surface area contributed by atoms with Crippen molar-refractivity contribution in [1.29, 1.82) is 0 Å². The van der Waals surface area contributed by atoms with Gasteiger partial charge in [0.1, 0.15) is 0 Å². The number of nitrogens with one attached hydrogen (secondary N) is 1. The van der Waals surface area contributed by atoms with Gasteiger partial charge < -0.3 is 4.52 Å². The fourth-order valence-corrected chi connectivity index (χ4v) is 0.306. The van der Waals surface area contributed by atoms with Crippen LogP contribution in [0.4, 0.5) is 0 Å². The Labute approximate surface area is 52.9 Å². The van der Waals surface area contributed by atoms with Crippen molar-refractivity contribution < 1.29 is 4.52 Å². The molecule has 1 heterocycles. The molecule has 52 valence electrons. The zero-order valence-electron chi connectivity index (χ0n) is 5.76. The van der Waals surface area contributed by atoms with Crippen molar-refractivity contribution >= 4 is 0 Å². The third kappa shape index (κ3) is 2.69. The zero-order valence-corrected chi connectivity index (χ0v) is 5.76. The molecule has 0 amide bonds. The van der Waals surface area contributed by atoms with Gasteiger partial charge in [-0.25, -0.2) is 4.79 Å². The number of aromatic nitrogens is 2. The molecule has 0 bridgehead atoms. The predicted octanol–water partition coefficient (Wildman–Crippen LogP) is 0.698. The quantitative estimate of drug-likeness (QED) is 0.562. The first kappa shape index (κ1) is 7.94. The van der Waals surface area contributed by atoms with Crippen molar-refractivity contribution in [3.8, 4) is 0 Å². The minimum absolute atomic E-state index is 0.366. The zero-order chi connectivity index (χ0) is 7.28. The summed E-state index contributed by atoms with van der Waals surface area (Å²) in [7, 11) is 0. The van der Waals surface area contributed by atoms with E-state index in [0.29, 0.717) is 5.89 Å². The molecule has 1 aromatic rings. The third-order valence-corrected chi connectivity index (χ3v) is 0.545. The van der Waals surface area contributed by atoms with Gasteiger partial charge in [-0.3, -0.25) is 0 Å². The molecule has 0 aliphatic heterocycles. The molecule has 0 fully saturated rings. The SMILES string of the molecule is CC.Cc1nc(=O)[nH]o1. The molecule has 0 spiro atoms. The van der Waals surface area contributed by atoms with Gasteiger partial charge in [-0.1, -0.05) is 13.8 Å². The minimum Gasteiger partial charge on any atom is -0.362 e. The summed E-state index contributed by atoms with van der Waals surface area (Å²) in [5.74, 6) is 0.366. The topological polar surface area (TPSA) is 58.9 Å². The Balaban J connectivity index is 0.000000291. The molecule has 0 aliphatic rings. The van der Waals surface area contributed by atoms with Gasteiger partial charge in [0.2, 0.25) is 5.89 Å². The van der Waals surface area contributed by atoms with E-state index in [1.54, 1.807) is 6.92 Å². The van der Waals surface area contributed by atoms with E-state index in [2.05, 4.69) is 9.51 Å². The number of hydrogen-bond donors (Lipinski definition) is 1. The van der Waals surface area contributed by atoms with Gasteiger partial charge in [-0.15, -0.1) is 0 Å². The van der Waals surface area contributed by atoms with Crippen molar-refractivity contribution in [2.45, 2.75) is 20.8 Å². The highest BCUT2D eigenvalue weighted by Crippen LogP contribution is 1.76. The van der Waals surface area contributed by atoms with E-state index in [1.807, 2.05) is 19.0 Å². The lowest BCUT2D eigenvalue weighted by Gasteiger charge is -1.64. The van der Waals surface area contributed by atoms with Crippen LogP contribution >= 0.6 is 0 Å². The summed E-state index contributed by atoms with van der Waals surface area (Å²) in [6.07, 6.45) is 0. The van der Waals surface area contributed by atoms with Crippen molar-refractivity contribution in [1.82, 2.24) is 10.1 Å². The summed E-state index contributed by atoms with van der Waals surface area (Å²) in [6.45, 7) is 5.60. The Morgan fingerprint density at radius 1 is 1.56 bits per heavy atom. The van der Waals surface area contributed by atoms with Gasteiger partial charge in [0.05, 0.1) is 0 Å². The number of nitrogens with zero attached hydrogens (tertiary/aromatic N) is 1. The van der Waals surface area contributed by atoms with Crippen LogP contribution < -0.4 is 5.69 Å². The molecule has 0 radical (unpaired) electrons. The van der Waals surface area contributed by atoms with E-state index in [9.17, 15) is 4.79 Å². The maximum Gasteiger partial charge on any atom is 0.377 e. The molecule has 1 aromatic heterocycles. The second-order valence-corrected chi connectivity index (χ2v) is 1.14. The average Bonchev–Trinajstić information content (AvgIpc) is 2.20. The van der Waals surface area contributed by atoms with Crippen LogP contribution in [0.1, 0.15) is 19.7 Å². The summed E-state index contributed by atoms with van der Waals surface area (Å²) in [6, 6.07) is 0. The first-order valence-electron chi connectivity index (χ1n) is 2.81. The Kier molecular flexibility index (Phi) is 3.43. The molecule has 0 unspecified atom stereocenters. The molecular weight excluding hydrogens is 120 g/mol. The van der Waals surface area contributed by atoms with Crippen LogP contribution in [0.2, 0.25) is 0 Å². The lowest BCUT2D eigenvalue weighted by atomic mass is 10.8. The molecule has 9 heavy (non-hydrogen) atoms. The summed E-state index contributed by atoms with van der Waals surface area (Å²) >= 11 is 0. The molecule has 0 saturated carbocycles. The van der Waals surface area contributed by atoms with Gasteiger partial charge in [0.15, 0.2) is 0 Å². The van der Waals surface area contributed by atoms with E-state index in [4.69, 9.17) is 0 Å². The maximum atomic E-state index is 10.0. The second kappa shape index (κ2) is 3.88. The van der Waals surface area contributed by atoms with E-state index < -0.39 is 5.69 Å². The van der Waals surface area contributed by atoms with Crippen LogP contribution in [0.25, 0.3) is 0 Å². The van der Waals surface area contributed by atoms with Crippen LogP contribution in [0, 0.1) is 6.92 Å². The number of rotatable bonds is 0. The Morgan fingerprint density at radius 2 is 2.11 bits per heavy atom. The van der Waals surface area contributed by atoms with Crippen molar-refractivity contribution in [3.05, 3.63) is 16.4 Å². The molecule has 0 atom stereocenters. The van der Waals surface area contributed by atoms with Crippen LogP contribution in [0.15, 0.2) is 9.32 Å². The summed E-state index contributed by atoms with van der Waals surface area (Å²) in [4.78, 5) is 13.4. The third-order valence-electron chi connectivity index (χ3n) is 0.545. The van der Waals surface area contributed by atoms with Crippen LogP contribution in [-0.2, 0) is 0 Å². The van der Waals surface area contributed by atoms with Crippen LogP contribution in [-0.4, -0.2) is 10.1 Å². The van der Waals surface area contributed by atoms with Crippen LogP contribution in [0.5, 0.6) is 0 Å². The summed E-state index contributed by atoms with van der Waals surface area (Å²) in [5.41, 5.74) is -0.433. The average molecular weight is 130 g/mol. The molecule has 0 saturated heterocycles. The van der Waals surface area contributed by atoms with Crippen molar-refractivity contribution in [3.63, 3.8) is 0 Å². The largest absolute Gasteiger partial charge is 0.377 e. The highest BCUT2D eigenvalue weighted by Gasteiger charge is 1.87. The molecule has 4 nitrogen and oxygen atoms in total. The number of aromatic amines is 1. The number of aryl methyl sites for hydroxylation is 1. The summed E-state index contributed by atoms with van der Waals surface area (Å²) in [5, 5.41) is 2.03. The second-order valence-electron chi connectivity index (χ2n) is 1.14. The fraction of sp³-hybridized carbons (Fsp3) is 0.600.